The van der Waals surface area contributed by atoms with Crippen LogP contribution in [0.25, 0.3) is 0 Å². The number of nitrogens with one attached hydrogen (secondary N) is 1. The van der Waals surface area contributed by atoms with Gasteiger partial charge in [0.15, 0.2) is 0 Å². The molecule has 0 unspecified atom stereocenters. The maximum atomic E-state index is 12.1. The number of rotatable bonds is 5. The van der Waals surface area contributed by atoms with Crippen molar-refractivity contribution in [1.29, 1.82) is 0 Å². The molecule has 0 aliphatic carbocycles. The first kappa shape index (κ1) is 16.8. The molecule has 6 nitrogen and oxygen atoms in total. The minimum atomic E-state index is -3.16. The highest BCUT2D eigenvalue weighted by Gasteiger charge is 2.25. The highest BCUT2D eigenvalue weighted by atomic mass is 32.2. The first-order valence-corrected chi connectivity index (χ1v) is 9.30. The fraction of sp³-hybridized carbons (Fsp3) is 0.533. The topological polar surface area (TPSA) is 69.7 Å². The van der Waals surface area contributed by atoms with E-state index in [9.17, 15) is 13.2 Å². The lowest BCUT2D eigenvalue weighted by molar-refractivity contribution is -0.130. The minimum Gasteiger partial charge on any atom is -0.376 e. The predicted octanol–water partition coefficient (Wildman–Crippen LogP) is 0.765. The molecule has 0 atom stereocenters. The number of carbonyl (C=O) groups excluding carboxylic acids is 1. The number of amides is 1. The van der Waals surface area contributed by atoms with Crippen LogP contribution in [-0.2, 0) is 21.2 Å². The van der Waals surface area contributed by atoms with Crippen molar-refractivity contribution in [3.63, 3.8) is 0 Å². The summed E-state index contributed by atoms with van der Waals surface area (Å²) in [6, 6.07) is 8.01. The standard InChI is InChI=1S/C15H23N3O3S/c1-3-13-4-6-14(7-5-13)16-12-15(19)17-8-10-18(11-9-17)22(2,20)21/h4-7,16H,3,8-12H2,1-2H3. The van der Waals surface area contributed by atoms with Gasteiger partial charge in [-0.25, -0.2) is 8.42 Å². The number of benzene rings is 1. The fourth-order valence-electron chi connectivity index (χ4n) is 2.42. The van der Waals surface area contributed by atoms with Gasteiger partial charge in [-0.15, -0.1) is 0 Å². The van der Waals surface area contributed by atoms with Gasteiger partial charge in [-0.2, -0.15) is 4.31 Å². The lowest BCUT2D eigenvalue weighted by atomic mass is 10.1. The molecule has 2 rings (SSSR count). The number of hydrogen-bond acceptors (Lipinski definition) is 4. The lowest BCUT2D eigenvalue weighted by Crippen LogP contribution is -2.51. The minimum absolute atomic E-state index is 0.00674. The summed E-state index contributed by atoms with van der Waals surface area (Å²) in [6.07, 6.45) is 2.19. The normalized spacial score (nSPS) is 16.5. The molecule has 1 fully saturated rings. The third-order valence-corrected chi connectivity index (χ3v) is 5.17. The zero-order valence-electron chi connectivity index (χ0n) is 13.1. The van der Waals surface area contributed by atoms with Crippen LogP contribution in [0.15, 0.2) is 24.3 Å². The number of hydrogen-bond donors (Lipinski definition) is 1. The molecule has 1 amide bonds. The summed E-state index contributed by atoms with van der Waals surface area (Å²) in [5.41, 5.74) is 2.18. The van der Waals surface area contributed by atoms with E-state index in [1.807, 2.05) is 24.3 Å². The summed E-state index contributed by atoms with van der Waals surface area (Å²) in [6.45, 7) is 3.96. The Kier molecular flexibility index (Phi) is 5.42. The second-order valence-corrected chi connectivity index (χ2v) is 7.43. The molecule has 1 aliphatic rings. The van der Waals surface area contributed by atoms with Gasteiger partial charge in [-0.3, -0.25) is 4.79 Å². The Morgan fingerprint density at radius 1 is 1.14 bits per heavy atom. The van der Waals surface area contributed by atoms with Gasteiger partial charge in [0.1, 0.15) is 0 Å². The molecule has 1 aliphatic heterocycles. The summed E-state index contributed by atoms with van der Waals surface area (Å²) in [4.78, 5) is 13.8. The number of aryl methyl sites for hydroxylation is 1. The quantitative estimate of drug-likeness (QED) is 0.868. The summed E-state index contributed by atoms with van der Waals surface area (Å²) in [7, 11) is -3.16. The SMILES string of the molecule is CCc1ccc(NCC(=O)N2CCN(S(C)(=O)=O)CC2)cc1. The molecule has 1 saturated heterocycles. The third kappa shape index (κ3) is 4.45. The predicted molar refractivity (Wildman–Crippen MR) is 87.3 cm³/mol. The summed E-state index contributed by atoms with van der Waals surface area (Å²) in [5.74, 6) is -0.00674. The molecule has 1 N–H and O–H groups in total. The highest BCUT2D eigenvalue weighted by Crippen LogP contribution is 2.10. The Morgan fingerprint density at radius 3 is 2.23 bits per heavy atom. The lowest BCUT2D eigenvalue weighted by Gasteiger charge is -2.33. The van der Waals surface area contributed by atoms with Crippen LogP contribution < -0.4 is 5.32 Å². The largest absolute Gasteiger partial charge is 0.376 e. The molecule has 122 valence electrons. The molecule has 0 saturated carbocycles. The van der Waals surface area contributed by atoms with E-state index in [4.69, 9.17) is 0 Å². The van der Waals surface area contributed by atoms with Crippen molar-refractivity contribution in [3.05, 3.63) is 29.8 Å². The second kappa shape index (κ2) is 7.11. The van der Waals surface area contributed by atoms with E-state index in [1.54, 1.807) is 4.90 Å². The van der Waals surface area contributed by atoms with Gasteiger partial charge in [-0.05, 0) is 24.1 Å². The molecular weight excluding hydrogens is 302 g/mol. The first-order valence-electron chi connectivity index (χ1n) is 7.46. The summed E-state index contributed by atoms with van der Waals surface area (Å²) in [5, 5.41) is 3.11. The van der Waals surface area contributed by atoms with Crippen LogP contribution in [0.1, 0.15) is 12.5 Å². The van der Waals surface area contributed by atoms with Crippen LogP contribution in [0.2, 0.25) is 0 Å². The molecular formula is C15H23N3O3S. The van der Waals surface area contributed by atoms with Gasteiger partial charge in [0.2, 0.25) is 15.9 Å². The van der Waals surface area contributed by atoms with Crippen LogP contribution in [0.4, 0.5) is 5.69 Å². The van der Waals surface area contributed by atoms with E-state index in [-0.39, 0.29) is 12.5 Å². The van der Waals surface area contributed by atoms with E-state index in [2.05, 4.69) is 12.2 Å². The van der Waals surface area contributed by atoms with Crippen LogP contribution in [0, 0.1) is 0 Å². The summed E-state index contributed by atoms with van der Waals surface area (Å²) >= 11 is 0. The van der Waals surface area contributed by atoms with Crippen LogP contribution in [0.3, 0.4) is 0 Å². The smallest absolute Gasteiger partial charge is 0.241 e. The molecule has 0 spiro atoms. The number of carbonyl (C=O) groups is 1. The van der Waals surface area contributed by atoms with Crippen molar-refractivity contribution in [1.82, 2.24) is 9.21 Å². The molecule has 1 heterocycles. The maximum Gasteiger partial charge on any atom is 0.241 e. The van der Waals surface area contributed by atoms with Crippen molar-refractivity contribution in [2.45, 2.75) is 13.3 Å². The Labute approximate surface area is 132 Å². The summed E-state index contributed by atoms with van der Waals surface area (Å²) < 4.78 is 24.3. The Balaban J connectivity index is 1.80. The Bertz CT molecular complexity index is 605. The average Bonchev–Trinajstić information content (AvgIpc) is 2.52. The van der Waals surface area contributed by atoms with Crippen molar-refractivity contribution in [2.75, 3.05) is 44.3 Å². The van der Waals surface area contributed by atoms with Crippen LogP contribution in [0.5, 0.6) is 0 Å². The Morgan fingerprint density at radius 2 is 1.73 bits per heavy atom. The molecule has 0 bridgehead atoms. The first-order chi connectivity index (χ1) is 10.4. The van der Waals surface area contributed by atoms with Gasteiger partial charge in [0.25, 0.3) is 0 Å². The molecule has 0 aromatic heterocycles. The highest BCUT2D eigenvalue weighted by molar-refractivity contribution is 7.88. The van der Waals surface area contributed by atoms with Gasteiger partial charge in [0, 0.05) is 31.9 Å². The van der Waals surface area contributed by atoms with E-state index < -0.39 is 10.0 Å². The number of piperazine rings is 1. The molecule has 1 aromatic rings. The van der Waals surface area contributed by atoms with Gasteiger partial charge in [0.05, 0.1) is 12.8 Å². The molecule has 1 aromatic carbocycles. The molecule has 7 heteroatoms. The number of anilines is 1. The van der Waals surface area contributed by atoms with E-state index in [0.717, 1.165) is 12.1 Å². The van der Waals surface area contributed by atoms with Crippen molar-refractivity contribution in [3.8, 4) is 0 Å². The number of nitrogens with zero attached hydrogens (tertiary/aromatic N) is 2. The monoisotopic (exact) mass is 325 g/mol. The van der Waals surface area contributed by atoms with Crippen molar-refractivity contribution >= 4 is 21.6 Å². The second-order valence-electron chi connectivity index (χ2n) is 5.45. The van der Waals surface area contributed by atoms with Gasteiger partial charge in [-0.1, -0.05) is 19.1 Å². The van der Waals surface area contributed by atoms with Gasteiger partial charge < -0.3 is 10.2 Å². The molecule has 0 radical (unpaired) electrons. The molecule has 22 heavy (non-hydrogen) atoms. The van der Waals surface area contributed by atoms with Crippen LogP contribution >= 0.6 is 0 Å². The van der Waals surface area contributed by atoms with E-state index >= 15 is 0 Å². The Hall–Kier alpha value is -1.60. The zero-order valence-corrected chi connectivity index (χ0v) is 13.9. The van der Waals surface area contributed by atoms with Crippen LogP contribution in [-0.4, -0.2) is 62.5 Å². The fourth-order valence-corrected chi connectivity index (χ4v) is 3.24. The van der Waals surface area contributed by atoms with Crippen molar-refractivity contribution in [2.24, 2.45) is 0 Å². The van der Waals surface area contributed by atoms with Gasteiger partial charge >= 0.3 is 0 Å². The zero-order chi connectivity index (χ0) is 16.2. The van der Waals surface area contributed by atoms with E-state index in [1.165, 1.54) is 16.1 Å². The average molecular weight is 325 g/mol. The maximum absolute atomic E-state index is 12.1. The van der Waals surface area contributed by atoms with Crippen molar-refractivity contribution < 1.29 is 13.2 Å². The third-order valence-electron chi connectivity index (χ3n) is 3.87. The van der Waals surface area contributed by atoms with E-state index in [0.29, 0.717) is 26.2 Å². The number of sulfonamides is 1.